The summed E-state index contributed by atoms with van der Waals surface area (Å²) in [7, 11) is 2.88. The van der Waals surface area contributed by atoms with Crippen LogP contribution in [0, 0.1) is 11.8 Å². The van der Waals surface area contributed by atoms with E-state index < -0.39 is 5.54 Å². The van der Waals surface area contributed by atoms with Crippen LogP contribution in [0.15, 0.2) is 72.1 Å². The largest absolute Gasteiger partial charge is 0.382 e. The molecule has 1 spiro atoms. The van der Waals surface area contributed by atoms with E-state index in [0.717, 1.165) is 49.3 Å². The molecule has 5 atom stereocenters. The van der Waals surface area contributed by atoms with Crippen LogP contribution in [0.25, 0.3) is 0 Å². The Bertz CT molecular complexity index is 1440. The third-order valence-corrected chi connectivity index (χ3v) is 11.4. The van der Waals surface area contributed by atoms with Crippen LogP contribution < -0.4 is 15.1 Å². The van der Waals surface area contributed by atoms with Gasteiger partial charge in [-0.3, -0.25) is 14.5 Å². The van der Waals surface area contributed by atoms with Gasteiger partial charge in [-0.1, -0.05) is 56.2 Å². The van der Waals surface area contributed by atoms with Crippen molar-refractivity contribution in [3.05, 3.63) is 77.6 Å². The molecule has 2 aliphatic carbocycles. The number of likely N-dealkylation sites (tertiary alicyclic amines) is 1. The van der Waals surface area contributed by atoms with E-state index in [1.54, 1.807) is 0 Å². The minimum absolute atomic E-state index is 0.144. The van der Waals surface area contributed by atoms with Gasteiger partial charge in [-0.15, -0.1) is 9.24 Å². The lowest BCUT2D eigenvalue weighted by atomic mass is 9.82. The molecule has 44 heavy (non-hydrogen) atoms. The van der Waals surface area contributed by atoms with Crippen molar-refractivity contribution in [1.82, 2.24) is 4.90 Å². The molecule has 3 aliphatic heterocycles. The van der Waals surface area contributed by atoms with Crippen molar-refractivity contribution in [1.29, 1.82) is 0 Å². The highest BCUT2D eigenvalue weighted by Crippen LogP contribution is 2.56. The minimum Gasteiger partial charge on any atom is -0.382 e. The van der Waals surface area contributed by atoms with E-state index in [2.05, 4.69) is 98.0 Å². The molecule has 5 aliphatic rings. The SMILES string of the molecule is CC1C=CC=C(P)C(CC(=O)N2CCCC3(C(=O)N3c3cccc(N4CCCC4)c3)C2c2ccc(NC3CCCC3)cc2)C1. The molecule has 2 aromatic rings. The third kappa shape index (κ3) is 5.60. The van der Waals surface area contributed by atoms with Crippen molar-refractivity contribution < 1.29 is 9.59 Å². The predicted octanol–water partition coefficient (Wildman–Crippen LogP) is 7.45. The van der Waals surface area contributed by atoms with Crippen molar-refractivity contribution in [2.75, 3.05) is 34.8 Å². The van der Waals surface area contributed by atoms with E-state index in [9.17, 15) is 9.59 Å². The van der Waals surface area contributed by atoms with E-state index in [0.29, 0.717) is 24.9 Å². The lowest BCUT2D eigenvalue weighted by Crippen LogP contribution is -2.49. The van der Waals surface area contributed by atoms with Crippen LogP contribution in [0.1, 0.15) is 82.7 Å². The van der Waals surface area contributed by atoms with Gasteiger partial charge in [-0.25, -0.2) is 0 Å². The van der Waals surface area contributed by atoms with Gasteiger partial charge in [-0.05, 0) is 98.0 Å². The Morgan fingerprint density at radius 1 is 0.977 bits per heavy atom. The summed E-state index contributed by atoms with van der Waals surface area (Å²) < 4.78 is 0. The third-order valence-electron chi connectivity index (χ3n) is 10.8. The molecule has 7 heteroatoms. The highest BCUT2D eigenvalue weighted by molar-refractivity contribution is 7.22. The molecule has 232 valence electrons. The number of carbonyl (C=O) groups is 2. The summed E-state index contributed by atoms with van der Waals surface area (Å²) in [6, 6.07) is 17.4. The van der Waals surface area contributed by atoms with Gasteiger partial charge in [0.25, 0.3) is 5.91 Å². The van der Waals surface area contributed by atoms with Crippen molar-refractivity contribution in [3.63, 3.8) is 0 Å². The van der Waals surface area contributed by atoms with Gasteiger partial charge in [0.05, 0.1) is 6.04 Å². The smallest absolute Gasteiger partial charge is 0.256 e. The van der Waals surface area contributed by atoms with Crippen molar-refractivity contribution in [3.8, 4) is 0 Å². The Morgan fingerprint density at radius 3 is 2.50 bits per heavy atom. The van der Waals surface area contributed by atoms with Gasteiger partial charge in [0.1, 0.15) is 0 Å². The molecule has 1 saturated carbocycles. The van der Waals surface area contributed by atoms with Crippen LogP contribution in [0.3, 0.4) is 0 Å². The van der Waals surface area contributed by atoms with Crippen LogP contribution in [-0.2, 0) is 9.59 Å². The van der Waals surface area contributed by atoms with Gasteiger partial charge >= 0.3 is 0 Å². The summed E-state index contributed by atoms with van der Waals surface area (Å²) in [6.07, 6.45) is 16.9. The fraction of sp³-hybridized carbons (Fsp3) is 0.514. The van der Waals surface area contributed by atoms with E-state index in [1.165, 1.54) is 49.5 Å². The first-order valence-corrected chi connectivity index (χ1v) is 17.5. The first kappa shape index (κ1) is 29.6. The van der Waals surface area contributed by atoms with Crippen molar-refractivity contribution in [2.45, 2.75) is 88.8 Å². The van der Waals surface area contributed by atoms with Gasteiger partial charge in [-0.2, -0.15) is 0 Å². The van der Waals surface area contributed by atoms with Crippen LogP contribution in [0.5, 0.6) is 0 Å². The number of piperidine rings is 1. The molecular weight excluding hydrogens is 563 g/mol. The molecule has 2 amide bonds. The van der Waals surface area contributed by atoms with E-state index in [-0.39, 0.29) is 23.8 Å². The molecule has 2 aromatic carbocycles. The van der Waals surface area contributed by atoms with E-state index in [4.69, 9.17) is 0 Å². The summed E-state index contributed by atoms with van der Waals surface area (Å²) in [4.78, 5) is 35.0. The summed E-state index contributed by atoms with van der Waals surface area (Å²) in [6.45, 7) is 5.03. The number of anilines is 3. The molecule has 0 radical (unpaired) electrons. The lowest BCUT2D eigenvalue weighted by molar-refractivity contribution is -0.137. The van der Waals surface area contributed by atoms with E-state index >= 15 is 0 Å². The van der Waals surface area contributed by atoms with Gasteiger partial charge in [0, 0.05) is 49.2 Å². The van der Waals surface area contributed by atoms with Crippen molar-refractivity contribution in [2.24, 2.45) is 11.8 Å². The number of allylic oxidation sites excluding steroid dienone is 4. The first-order chi connectivity index (χ1) is 21.4. The standard InChI is InChI=1S/C37H47N4O2P/c1-26-9-6-14-33(44)28(23-26)24-34(42)40-22-8-19-37(35(40)27-15-17-30(18-16-27)38-29-10-2-3-11-29)36(43)41(37)32-13-7-12-31(25-32)39-20-4-5-21-39/h6-7,9,12-18,25-26,28-29,35,38H,2-5,8,10-11,19-24,44H2,1H3. The number of nitrogens with zero attached hydrogens (tertiary/aromatic N) is 3. The zero-order chi connectivity index (χ0) is 30.3. The maximum atomic E-state index is 14.3. The van der Waals surface area contributed by atoms with Gasteiger partial charge < -0.3 is 15.1 Å². The summed E-state index contributed by atoms with van der Waals surface area (Å²) in [5.74, 6) is 0.900. The number of amides is 2. The fourth-order valence-corrected chi connectivity index (χ4v) is 8.77. The number of rotatable bonds is 7. The Balaban J connectivity index is 1.21. The maximum absolute atomic E-state index is 14.3. The minimum atomic E-state index is -0.726. The topological polar surface area (TPSA) is 55.7 Å². The number of hydrogen-bond acceptors (Lipinski definition) is 4. The molecule has 4 fully saturated rings. The molecule has 6 nitrogen and oxygen atoms in total. The molecular formula is C37H47N4O2P. The van der Waals surface area contributed by atoms with Crippen LogP contribution in [-0.4, -0.2) is 47.9 Å². The number of carbonyl (C=O) groups excluding carboxylic acids is 2. The average Bonchev–Trinajstić information content (AvgIpc) is 3.47. The normalized spacial score (nSPS) is 28.9. The summed E-state index contributed by atoms with van der Waals surface area (Å²) >= 11 is 0. The summed E-state index contributed by atoms with van der Waals surface area (Å²) in [5.41, 5.74) is 3.60. The van der Waals surface area contributed by atoms with Crippen molar-refractivity contribution >= 4 is 38.1 Å². The number of nitrogens with one attached hydrogen (secondary N) is 1. The first-order valence-electron chi connectivity index (χ1n) is 16.9. The number of benzene rings is 2. The lowest BCUT2D eigenvalue weighted by Gasteiger charge is -2.42. The van der Waals surface area contributed by atoms with Crippen LogP contribution >= 0.6 is 9.24 Å². The monoisotopic (exact) mass is 610 g/mol. The zero-order valence-electron chi connectivity index (χ0n) is 26.1. The predicted molar refractivity (Wildman–Crippen MR) is 183 cm³/mol. The van der Waals surface area contributed by atoms with E-state index in [1.807, 2.05) is 4.90 Å². The Hall–Kier alpha value is -3.11. The quantitative estimate of drug-likeness (QED) is 0.261. The second-order valence-electron chi connectivity index (χ2n) is 13.8. The molecule has 5 unspecified atom stereocenters. The zero-order valence-corrected chi connectivity index (χ0v) is 27.2. The molecule has 3 heterocycles. The van der Waals surface area contributed by atoms with Gasteiger partial charge in [0.2, 0.25) is 5.91 Å². The van der Waals surface area contributed by atoms with Crippen LogP contribution in [0.2, 0.25) is 0 Å². The highest BCUT2D eigenvalue weighted by atomic mass is 31.0. The highest BCUT2D eigenvalue weighted by Gasteiger charge is 2.70. The molecule has 3 saturated heterocycles. The molecule has 7 rings (SSSR count). The maximum Gasteiger partial charge on any atom is 0.256 e. The second-order valence-corrected chi connectivity index (χ2v) is 14.5. The average molecular weight is 611 g/mol. The second kappa shape index (κ2) is 12.4. The van der Waals surface area contributed by atoms with Gasteiger partial charge in [0.15, 0.2) is 5.54 Å². The summed E-state index contributed by atoms with van der Waals surface area (Å²) in [5, 5.41) is 4.90. The Kier molecular flexibility index (Phi) is 8.31. The fourth-order valence-electron chi connectivity index (χ4n) is 8.40. The Morgan fingerprint density at radius 2 is 1.73 bits per heavy atom. The Labute approximate surface area is 265 Å². The molecule has 0 bridgehead atoms. The number of hydrogen-bond donors (Lipinski definition) is 1. The molecule has 0 aromatic heterocycles. The van der Waals surface area contributed by atoms with Crippen LogP contribution in [0.4, 0.5) is 17.1 Å². The molecule has 1 N–H and O–H groups in total.